The molecule has 3 saturated heterocycles. The molecule has 4 aliphatic rings. The van der Waals surface area contributed by atoms with Gasteiger partial charge in [0, 0.05) is 37.3 Å². The molecule has 2 N–H and O–H groups in total. The van der Waals surface area contributed by atoms with Gasteiger partial charge in [0.25, 0.3) is 0 Å². The van der Waals surface area contributed by atoms with E-state index in [2.05, 4.69) is 64.5 Å². The number of likely N-dealkylation sites (tertiary alicyclic amines) is 2. The molecule has 3 heterocycles. The first-order valence-corrected chi connectivity index (χ1v) is 11.9. The first-order valence-electron chi connectivity index (χ1n) is 10.9. The molecule has 176 valence electrons. The first kappa shape index (κ1) is 24.4. The summed E-state index contributed by atoms with van der Waals surface area (Å²) in [6.07, 6.45) is 6.43. The molecule has 0 aromatic heterocycles. The standard InChI is InChI=1S/C22H29N3.CHF3.CH3NS/c1-17-8-9-22(23-17)15-25(16-22)18(2)24-13-21(14-24)11-20(12-21)10-19-6-4-3-5-7-19;2-1(3)4;1-3-2/h3-7,20,23H,1-2,8-16H2;1H;2H,1H2. The molecule has 1 saturated carbocycles. The maximum atomic E-state index is 9.67. The molecule has 4 nitrogen and oxygen atoms in total. The van der Waals surface area contributed by atoms with Gasteiger partial charge in [0.15, 0.2) is 0 Å². The Kier molecular flexibility index (Phi) is 7.75. The Labute approximate surface area is 192 Å². The number of nitrogens with zero attached hydrogens (tertiary/aromatic N) is 2. The molecular weight excluding hydrogens is 433 g/mol. The molecule has 4 fully saturated rings. The van der Waals surface area contributed by atoms with E-state index in [-0.39, 0.29) is 0 Å². The molecular formula is C24H33F3N4S. The Hall–Kier alpha value is -2.22. The molecule has 2 spiro atoms. The van der Waals surface area contributed by atoms with E-state index >= 15 is 0 Å². The van der Waals surface area contributed by atoms with Crippen LogP contribution in [0.4, 0.5) is 13.2 Å². The Morgan fingerprint density at radius 2 is 1.66 bits per heavy atom. The number of halogens is 3. The van der Waals surface area contributed by atoms with Gasteiger partial charge in [-0.2, -0.15) is 13.2 Å². The zero-order chi connectivity index (χ0) is 23.4. The normalized spacial score (nSPS) is 21.9. The van der Waals surface area contributed by atoms with Crippen LogP contribution in [0.1, 0.15) is 31.2 Å². The molecule has 1 aliphatic carbocycles. The van der Waals surface area contributed by atoms with Crippen molar-refractivity contribution >= 4 is 17.0 Å². The van der Waals surface area contributed by atoms with Crippen LogP contribution in [0.3, 0.4) is 0 Å². The van der Waals surface area contributed by atoms with Gasteiger partial charge < -0.3 is 15.1 Å². The summed E-state index contributed by atoms with van der Waals surface area (Å²) < 4.78 is 35.0. The van der Waals surface area contributed by atoms with Crippen molar-refractivity contribution in [2.45, 2.75) is 44.3 Å². The zero-order valence-electron chi connectivity index (χ0n) is 18.5. The molecule has 8 heteroatoms. The summed E-state index contributed by atoms with van der Waals surface area (Å²) in [5.41, 5.74) is 3.62. The lowest BCUT2D eigenvalue weighted by atomic mass is 9.56. The summed E-state index contributed by atoms with van der Waals surface area (Å²) >= 11 is 0.750. The fourth-order valence-electron chi connectivity index (χ4n) is 5.66. The van der Waals surface area contributed by atoms with Crippen molar-refractivity contribution in [1.29, 1.82) is 4.78 Å². The third kappa shape index (κ3) is 5.77. The zero-order valence-corrected chi connectivity index (χ0v) is 19.3. The van der Waals surface area contributed by atoms with Gasteiger partial charge in [0.1, 0.15) is 0 Å². The van der Waals surface area contributed by atoms with Gasteiger partial charge in [-0.15, -0.1) is 0 Å². The van der Waals surface area contributed by atoms with E-state index in [4.69, 9.17) is 4.78 Å². The maximum Gasteiger partial charge on any atom is 0.379 e. The van der Waals surface area contributed by atoms with E-state index < -0.39 is 6.68 Å². The van der Waals surface area contributed by atoms with Crippen LogP contribution in [-0.2, 0) is 17.6 Å². The molecule has 0 radical (unpaired) electrons. The van der Waals surface area contributed by atoms with Crippen molar-refractivity contribution in [3.8, 4) is 0 Å². The summed E-state index contributed by atoms with van der Waals surface area (Å²) in [5.74, 6) is 5.21. The largest absolute Gasteiger partial charge is 0.380 e. The molecule has 5 rings (SSSR count). The number of nitrogens with one attached hydrogen (secondary N) is 2. The van der Waals surface area contributed by atoms with Crippen LogP contribution in [0.15, 0.2) is 55.0 Å². The Balaban J connectivity index is 0.000000367. The van der Waals surface area contributed by atoms with Crippen molar-refractivity contribution in [2.75, 3.05) is 26.2 Å². The summed E-state index contributed by atoms with van der Waals surface area (Å²) in [6, 6.07) is 11.0. The summed E-state index contributed by atoms with van der Waals surface area (Å²) in [7, 11) is 0. The average molecular weight is 467 g/mol. The van der Waals surface area contributed by atoms with Crippen LogP contribution in [0.2, 0.25) is 0 Å². The molecule has 1 aromatic rings. The summed E-state index contributed by atoms with van der Waals surface area (Å²) in [4.78, 5) is 4.97. The van der Waals surface area contributed by atoms with E-state index in [9.17, 15) is 13.2 Å². The molecule has 0 amide bonds. The molecule has 1 aromatic carbocycles. The van der Waals surface area contributed by atoms with Gasteiger partial charge in [-0.25, -0.2) is 4.78 Å². The van der Waals surface area contributed by atoms with Gasteiger partial charge in [0.05, 0.1) is 11.4 Å². The van der Waals surface area contributed by atoms with Crippen molar-refractivity contribution in [2.24, 2.45) is 11.3 Å². The minimum absolute atomic E-state index is 0.305. The number of alkyl halides is 3. The minimum atomic E-state index is -3.67. The fraction of sp³-hybridized carbons (Fsp3) is 0.542. The molecule has 0 unspecified atom stereocenters. The van der Waals surface area contributed by atoms with Gasteiger partial charge in [-0.1, -0.05) is 54.6 Å². The number of allylic oxidation sites excluding steroid dienone is 1. The lowest BCUT2D eigenvalue weighted by Crippen LogP contribution is -2.70. The fourth-order valence-corrected chi connectivity index (χ4v) is 5.66. The van der Waals surface area contributed by atoms with Gasteiger partial charge >= 0.3 is 6.68 Å². The lowest BCUT2D eigenvalue weighted by molar-refractivity contribution is -0.0979. The van der Waals surface area contributed by atoms with E-state index in [1.807, 2.05) is 0 Å². The van der Waals surface area contributed by atoms with Crippen LogP contribution in [0.25, 0.3) is 0 Å². The number of hydrogen-bond acceptors (Lipinski definition) is 4. The number of benzene rings is 1. The highest BCUT2D eigenvalue weighted by molar-refractivity contribution is 7.64. The molecule has 0 atom stereocenters. The lowest BCUT2D eigenvalue weighted by Gasteiger charge is -2.63. The van der Waals surface area contributed by atoms with Gasteiger partial charge in [-0.3, -0.25) is 0 Å². The average Bonchev–Trinajstić information content (AvgIpc) is 3.04. The van der Waals surface area contributed by atoms with Crippen LogP contribution >= 0.6 is 0 Å². The second-order valence-corrected chi connectivity index (χ2v) is 9.78. The predicted molar refractivity (Wildman–Crippen MR) is 126 cm³/mol. The highest BCUT2D eigenvalue weighted by Gasteiger charge is 2.54. The Morgan fingerprint density at radius 1 is 1.12 bits per heavy atom. The maximum absolute atomic E-state index is 9.67. The molecule has 0 bridgehead atoms. The van der Waals surface area contributed by atoms with E-state index in [0.717, 1.165) is 36.6 Å². The Morgan fingerprint density at radius 3 is 2.16 bits per heavy atom. The summed E-state index contributed by atoms with van der Waals surface area (Å²) in [5, 5.41) is 3.60. The smallest absolute Gasteiger partial charge is 0.379 e. The Bertz CT molecular complexity index is 831. The monoisotopic (exact) mass is 466 g/mol. The predicted octanol–water partition coefficient (Wildman–Crippen LogP) is 4.81. The SMILES string of the molecule is C=C1CCC2(CN(C(=C)N3CC4(CC(Cc5ccccc5)C4)C3)C2)N1.C=S=N.FC(F)F. The van der Waals surface area contributed by atoms with Crippen LogP contribution in [-0.4, -0.2) is 54.1 Å². The molecule has 3 aliphatic heterocycles. The number of rotatable bonds is 4. The second-order valence-electron chi connectivity index (χ2n) is 9.49. The van der Waals surface area contributed by atoms with Crippen molar-refractivity contribution in [3.63, 3.8) is 0 Å². The van der Waals surface area contributed by atoms with E-state index in [1.54, 1.807) is 0 Å². The highest BCUT2D eigenvalue weighted by Crippen LogP contribution is 2.54. The van der Waals surface area contributed by atoms with Gasteiger partial charge in [0.2, 0.25) is 0 Å². The van der Waals surface area contributed by atoms with Crippen molar-refractivity contribution in [1.82, 2.24) is 15.1 Å². The summed E-state index contributed by atoms with van der Waals surface area (Å²) in [6.45, 7) is 9.44. The van der Waals surface area contributed by atoms with E-state index in [0.29, 0.717) is 11.0 Å². The molecule has 32 heavy (non-hydrogen) atoms. The van der Waals surface area contributed by atoms with E-state index in [1.165, 1.54) is 55.9 Å². The second kappa shape index (κ2) is 10.1. The van der Waals surface area contributed by atoms with Crippen LogP contribution in [0, 0.1) is 16.1 Å². The third-order valence-electron chi connectivity index (χ3n) is 6.93. The van der Waals surface area contributed by atoms with Crippen LogP contribution < -0.4 is 5.32 Å². The topological polar surface area (TPSA) is 42.4 Å². The minimum Gasteiger partial charge on any atom is -0.380 e. The number of hydrogen-bond donors (Lipinski definition) is 2. The third-order valence-corrected chi connectivity index (χ3v) is 6.93. The van der Waals surface area contributed by atoms with Crippen molar-refractivity contribution < 1.29 is 13.2 Å². The van der Waals surface area contributed by atoms with Crippen LogP contribution in [0.5, 0.6) is 0 Å². The highest BCUT2D eigenvalue weighted by atomic mass is 32.1. The quantitative estimate of drug-likeness (QED) is 0.626. The first-order chi connectivity index (χ1) is 15.2. The van der Waals surface area contributed by atoms with Gasteiger partial charge in [-0.05, 0) is 49.5 Å². The van der Waals surface area contributed by atoms with Crippen molar-refractivity contribution in [3.05, 3.63) is 60.6 Å².